The Hall–Kier alpha value is -1.02. The monoisotopic (exact) mass is 257 g/mol. The fourth-order valence-electron chi connectivity index (χ4n) is 1.29. The van der Waals surface area contributed by atoms with Crippen molar-refractivity contribution in [2.24, 2.45) is 16.8 Å². The van der Waals surface area contributed by atoms with Gasteiger partial charge < -0.3 is 21.4 Å². The maximum atomic E-state index is 12.5. The second-order valence-electron chi connectivity index (χ2n) is 3.72. The predicted molar refractivity (Wildman–Crippen MR) is 56.7 cm³/mol. The molecule has 8 heteroatoms. The van der Waals surface area contributed by atoms with Crippen molar-refractivity contribution in [3.8, 4) is 0 Å². The highest BCUT2D eigenvalue weighted by atomic mass is 19.4. The Kier molecular flexibility index (Phi) is 6.89. The zero-order chi connectivity index (χ0) is 13.5. The van der Waals surface area contributed by atoms with E-state index in [1.54, 1.807) is 0 Å². The Labute approximate surface area is 97.5 Å². The van der Waals surface area contributed by atoms with Crippen LogP contribution in [0.4, 0.5) is 13.2 Å². The van der Waals surface area contributed by atoms with Gasteiger partial charge in [0, 0.05) is 13.1 Å². The normalized spacial score (nSPS) is 16.9. The summed E-state index contributed by atoms with van der Waals surface area (Å²) in [5.74, 6) is -2.95. The average molecular weight is 257 g/mol. The molecular weight excluding hydrogens is 239 g/mol. The molecule has 2 atom stereocenters. The average Bonchev–Trinajstić information content (AvgIpc) is 2.22. The highest BCUT2D eigenvalue weighted by molar-refractivity contribution is 5.83. The van der Waals surface area contributed by atoms with E-state index in [2.05, 4.69) is 10.5 Å². The molecule has 5 N–H and O–H groups in total. The number of halogens is 3. The summed E-state index contributed by atoms with van der Waals surface area (Å²) in [6, 6.07) is 0. The lowest BCUT2D eigenvalue weighted by molar-refractivity contribution is -0.155. The zero-order valence-corrected chi connectivity index (χ0v) is 9.54. The Bertz CT molecular complexity index is 246. The number of amidine groups is 1. The molecule has 0 aromatic carbocycles. The first-order chi connectivity index (χ1) is 7.82. The minimum absolute atomic E-state index is 0.0408. The lowest BCUT2D eigenvalue weighted by atomic mass is 10.1. The van der Waals surface area contributed by atoms with Gasteiger partial charge >= 0.3 is 6.18 Å². The number of hydrogen-bond donors (Lipinski definition) is 4. The number of oxime groups is 1. The minimum atomic E-state index is -4.58. The molecule has 0 radical (unpaired) electrons. The maximum absolute atomic E-state index is 12.5. The van der Waals surface area contributed by atoms with E-state index in [1.807, 2.05) is 6.92 Å². The van der Waals surface area contributed by atoms with Gasteiger partial charge in [0.15, 0.2) is 5.84 Å². The second kappa shape index (κ2) is 7.33. The van der Waals surface area contributed by atoms with Crippen LogP contribution in [0.3, 0.4) is 0 Å². The number of alkyl halides is 3. The van der Waals surface area contributed by atoms with Gasteiger partial charge in [-0.1, -0.05) is 18.5 Å². The van der Waals surface area contributed by atoms with Gasteiger partial charge in [0.2, 0.25) is 0 Å². The summed E-state index contributed by atoms with van der Waals surface area (Å²) in [5, 5.41) is 22.4. The topological polar surface area (TPSA) is 90.9 Å². The third-order valence-electron chi connectivity index (χ3n) is 2.22. The summed E-state index contributed by atoms with van der Waals surface area (Å²) < 4.78 is 37.4. The van der Waals surface area contributed by atoms with Crippen molar-refractivity contribution < 1.29 is 23.5 Å². The van der Waals surface area contributed by atoms with Crippen LogP contribution < -0.4 is 11.1 Å². The van der Waals surface area contributed by atoms with Crippen molar-refractivity contribution in [1.29, 1.82) is 0 Å². The summed E-state index contributed by atoms with van der Waals surface area (Å²) in [7, 11) is 0. The fourth-order valence-corrected chi connectivity index (χ4v) is 1.29. The lowest BCUT2D eigenvalue weighted by Gasteiger charge is -2.20. The van der Waals surface area contributed by atoms with Crippen LogP contribution in [-0.2, 0) is 0 Å². The first-order valence-corrected chi connectivity index (χ1v) is 5.25. The summed E-state index contributed by atoms with van der Waals surface area (Å²) >= 11 is 0. The highest BCUT2D eigenvalue weighted by Crippen LogP contribution is 2.25. The first kappa shape index (κ1) is 16.0. The molecule has 0 fully saturated rings. The van der Waals surface area contributed by atoms with Crippen LogP contribution in [0.15, 0.2) is 5.16 Å². The molecule has 0 aliphatic carbocycles. The van der Waals surface area contributed by atoms with Crippen molar-refractivity contribution >= 4 is 5.84 Å². The summed E-state index contributed by atoms with van der Waals surface area (Å²) in [5.41, 5.74) is 4.96. The van der Waals surface area contributed by atoms with Gasteiger partial charge in [0.1, 0.15) is 5.92 Å². The Balaban J connectivity index is 4.20. The molecule has 0 rings (SSSR count). The number of aliphatic hydroxyl groups is 1. The van der Waals surface area contributed by atoms with Gasteiger partial charge in [0.25, 0.3) is 0 Å². The van der Waals surface area contributed by atoms with Gasteiger partial charge in [-0.05, 0) is 6.42 Å². The molecule has 0 saturated carbocycles. The quantitative estimate of drug-likeness (QED) is 0.233. The van der Waals surface area contributed by atoms with E-state index in [0.717, 1.165) is 6.42 Å². The highest BCUT2D eigenvalue weighted by Gasteiger charge is 2.42. The molecule has 2 unspecified atom stereocenters. The smallest absolute Gasteiger partial charge is 0.400 e. The number of nitrogens with two attached hydrogens (primary N) is 1. The molecule has 0 spiro atoms. The molecule has 0 aliphatic rings. The molecule has 0 aromatic rings. The van der Waals surface area contributed by atoms with E-state index >= 15 is 0 Å². The number of nitrogens with one attached hydrogen (secondary N) is 1. The SMILES string of the molecule is CCCC(O)CNCC(C(N)=NO)C(F)(F)F. The van der Waals surface area contributed by atoms with Crippen LogP contribution in [0, 0.1) is 5.92 Å². The second-order valence-corrected chi connectivity index (χ2v) is 3.72. The molecular formula is C9H18F3N3O2. The summed E-state index contributed by atoms with van der Waals surface area (Å²) in [6.07, 6.45) is -4.03. The Morgan fingerprint density at radius 2 is 2.00 bits per heavy atom. The van der Waals surface area contributed by atoms with Gasteiger partial charge in [-0.2, -0.15) is 13.2 Å². The predicted octanol–water partition coefficient (Wildman–Crippen LogP) is 0.662. The van der Waals surface area contributed by atoms with Crippen LogP contribution in [-0.4, -0.2) is 41.5 Å². The third-order valence-corrected chi connectivity index (χ3v) is 2.22. The van der Waals surface area contributed by atoms with Crippen molar-refractivity contribution in [2.75, 3.05) is 13.1 Å². The first-order valence-electron chi connectivity index (χ1n) is 5.25. The number of aliphatic hydroxyl groups excluding tert-OH is 1. The van der Waals surface area contributed by atoms with Crippen LogP contribution in [0.2, 0.25) is 0 Å². The molecule has 102 valence electrons. The number of rotatable bonds is 7. The molecule has 0 aliphatic heterocycles. The number of hydrogen-bond acceptors (Lipinski definition) is 4. The van der Waals surface area contributed by atoms with Crippen molar-refractivity contribution in [2.45, 2.75) is 32.0 Å². The minimum Gasteiger partial charge on any atom is -0.409 e. The van der Waals surface area contributed by atoms with Gasteiger partial charge in [0.05, 0.1) is 6.10 Å². The lowest BCUT2D eigenvalue weighted by Crippen LogP contribution is -2.44. The van der Waals surface area contributed by atoms with E-state index in [4.69, 9.17) is 10.9 Å². The van der Waals surface area contributed by atoms with E-state index in [-0.39, 0.29) is 6.54 Å². The standard InChI is InChI=1S/C9H18F3N3O2/c1-2-3-6(16)4-14-5-7(8(13)15-17)9(10,11)12/h6-7,14,16-17H,2-5H2,1H3,(H2,13,15). The summed E-state index contributed by atoms with van der Waals surface area (Å²) in [4.78, 5) is 0. The van der Waals surface area contributed by atoms with Gasteiger partial charge in [-0.25, -0.2) is 0 Å². The number of nitrogens with zero attached hydrogens (tertiary/aromatic N) is 1. The molecule has 0 heterocycles. The van der Waals surface area contributed by atoms with E-state index in [0.29, 0.717) is 6.42 Å². The summed E-state index contributed by atoms with van der Waals surface area (Å²) in [6.45, 7) is 1.37. The Morgan fingerprint density at radius 1 is 1.41 bits per heavy atom. The van der Waals surface area contributed by atoms with E-state index in [1.165, 1.54) is 0 Å². The van der Waals surface area contributed by atoms with Crippen molar-refractivity contribution in [3.63, 3.8) is 0 Å². The van der Waals surface area contributed by atoms with Crippen LogP contribution >= 0.6 is 0 Å². The van der Waals surface area contributed by atoms with Crippen molar-refractivity contribution in [3.05, 3.63) is 0 Å². The largest absolute Gasteiger partial charge is 0.409 e. The van der Waals surface area contributed by atoms with E-state index in [9.17, 15) is 18.3 Å². The van der Waals surface area contributed by atoms with Crippen molar-refractivity contribution in [1.82, 2.24) is 5.32 Å². The van der Waals surface area contributed by atoms with Crippen LogP contribution in [0.5, 0.6) is 0 Å². The van der Waals surface area contributed by atoms with Gasteiger partial charge in [-0.15, -0.1) is 0 Å². The van der Waals surface area contributed by atoms with Crippen LogP contribution in [0.25, 0.3) is 0 Å². The molecule has 0 amide bonds. The zero-order valence-electron chi connectivity index (χ0n) is 9.54. The molecule has 0 saturated heterocycles. The Morgan fingerprint density at radius 3 is 2.41 bits per heavy atom. The van der Waals surface area contributed by atoms with E-state index < -0.39 is 30.6 Å². The van der Waals surface area contributed by atoms with Gasteiger partial charge in [-0.3, -0.25) is 0 Å². The molecule has 5 nitrogen and oxygen atoms in total. The third kappa shape index (κ3) is 6.32. The van der Waals surface area contributed by atoms with Crippen LogP contribution in [0.1, 0.15) is 19.8 Å². The molecule has 0 aromatic heterocycles. The fraction of sp³-hybridized carbons (Fsp3) is 0.889. The maximum Gasteiger partial charge on any atom is 0.400 e. The molecule has 0 bridgehead atoms. The molecule has 17 heavy (non-hydrogen) atoms.